The van der Waals surface area contributed by atoms with Crippen LogP contribution >= 0.6 is 0 Å². The van der Waals surface area contributed by atoms with Crippen molar-refractivity contribution in [3.63, 3.8) is 0 Å². The van der Waals surface area contributed by atoms with Crippen LogP contribution < -0.4 is 0 Å². The fraction of sp³-hybridized carbons (Fsp3) is 1.00. The lowest BCUT2D eigenvalue weighted by molar-refractivity contribution is 0.114. The fourth-order valence-electron chi connectivity index (χ4n) is 2.11. The first-order chi connectivity index (χ1) is 8.07. The van der Waals surface area contributed by atoms with E-state index in [9.17, 15) is 0 Å². The molecule has 104 valence electrons. The van der Waals surface area contributed by atoms with Crippen molar-refractivity contribution in [3.05, 3.63) is 0 Å². The third-order valence-electron chi connectivity index (χ3n) is 3.47. The van der Waals surface area contributed by atoms with E-state index in [1.165, 1.54) is 0 Å². The zero-order valence-electron chi connectivity index (χ0n) is 12.5. The molecule has 0 bridgehead atoms. The van der Waals surface area contributed by atoms with Crippen molar-refractivity contribution in [2.24, 2.45) is 0 Å². The monoisotopic (exact) mass is 278 g/mol. The summed E-state index contributed by atoms with van der Waals surface area (Å²) in [5.74, 6) is 0. The quantitative estimate of drug-likeness (QED) is 0.564. The Morgan fingerprint density at radius 2 is 1.06 bits per heavy atom. The van der Waals surface area contributed by atoms with Gasteiger partial charge in [0.25, 0.3) is 0 Å². The Bertz CT molecular complexity index is 182. The van der Waals surface area contributed by atoms with Gasteiger partial charge >= 0.3 is 8.80 Å². The van der Waals surface area contributed by atoms with Gasteiger partial charge in [0.1, 0.15) is 0 Å². The van der Waals surface area contributed by atoms with Crippen LogP contribution in [-0.2, 0) is 13.0 Å². The van der Waals surface area contributed by atoms with Crippen molar-refractivity contribution in [1.82, 2.24) is 0 Å². The summed E-state index contributed by atoms with van der Waals surface area (Å²) in [5.41, 5.74) is 0. The van der Waals surface area contributed by atoms with E-state index in [1.807, 2.05) is 13.8 Å². The first-order valence-electron chi connectivity index (χ1n) is 7.05. The normalized spacial score (nSPS) is 13.1. The van der Waals surface area contributed by atoms with Gasteiger partial charge in [0.15, 0.2) is 8.32 Å². The van der Waals surface area contributed by atoms with Gasteiger partial charge in [-0.1, -0.05) is 27.7 Å². The Labute approximate surface area is 109 Å². The Hall–Kier alpha value is 0.314. The van der Waals surface area contributed by atoms with Crippen LogP contribution in [0.1, 0.15) is 41.5 Å². The van der Waals surface area contributed by atoms with Gasteiger partial charge in [0.2, 0.25) is 0 Å². The van der Waals surface area contributed by atoms with Crippen LogP contribution in [0, 0.1) is 0 Å². The Morgan fingerprint density at radius 1 is 0.647 bits per heavy atom. The molecule has 5 heteroatoms. The van der Waals surface area contributed by atoms with Gasteiger partial charge in [-0.15, -0.1) is 0 Å². The minimum atomic E-state index is -2.41. The number of hydrogen-bond donors (Lipinski definition) is 0. The van der Waals surface area contributed by atoms with Crippen LogP contribution in [0.2, 0.25) is 24.2 Å². The minimum Gasteiger partial charge on any atom is -0.415 e. The van der Waals surface area contributed by atoms with E-state index >= 15 is 0 Å². The van der Waals surface area contributed by atoms with E-state index in [4.69, 9.17) is 13.0 Å². The van der Waals surface area contributed by atoms with Crippen molar-refractivity contribution in [2.75, 3.05) is 13.2 Å². The molecule has 0 fully saturated rings. The van der Waals surface area contributed by atoms with E-state index in [2.05, 4.69) is 27.7 Å². The maximum absolute atomic E-state index is 6.54. The minimum absolute atomic E-state index is 0.682. The second-order valence-electron chi connectivity index (χ2n) is 4.25. The van der Waals surface area contributed by atoms with Gasteiger partial charge in [-0.2, -0.15) is 0 Å². The molecule has 0 aliphatic carbocycles. The van der Waals surface area contributed by atoms with Crippen LogP contribution in [0.5, 0.6) is 0 Å². The van der Waals surface area contributed by atoms with Crippen molar-refractivity contribution in [3.8, 4) is 0 Å². The molecule has 0 radical (unpaired) electrons. The fourth-order valence-corrected chi connectivity index (χ4v) is 10.4. The van der Waals surface area contributed by atoms with E-state index in [0.717, 1.165) is 24.2 Å². The summed E-state index contributed by atoms with van der Waals surface area (Å²) in [6.07, 6.45) is 0. The standard InChI is InChI=1S/C12H30O3Si2/c1-7-13-17(12-6,14-8-2)15-16(9-3,10-4)11-5/h7-12H2,1-6H3. The first-order valence-corrected chi connectivity index (χ1v) is 11.5. The number of hydrogen-bond acceptors (Lipinski definition) is 3. The SMILES string of the molecule is CCO[Si](CC)(OCC)O[Si](CC)(CC)CC. The Kier molecular flexibility index (Phi) is 8.58. The molecule has 0 spiro atoms. The van der Waals surface area contributed by atoms with E-state index in [-0.39, 0.29) is 0 Å². The molecule has 17 heavy (non-hydrogen) atoms. The van der Waals surface area contributed by atoms with Gasteiger partial charge in [-0.05, 0) is 32.0 Å². The average molecular weight is 279 g/mol. The van der Waals surface area contributed by atoms with Crippen LogP contribution in [0.15, 0.2) is 0 Å². The molecule has 0 saturated heterocycles. The molecule has 0 N–H and O–H groups in total. The topological polar surface area (TPSA) is 27.7 Å². The Morgan fingerprint density at radius 3 is 1.29 bits per heavy atom. The lowest BCUT2D eigenvalue weighted by Gasteiger charge is -2.38. The molecule has 0 amide bonds. The van der Waals surface area contributed by atoms with Gasteiger partial charge in [0, 0.05) is 19.3 Å². The third-order valence-corrected chi connectivity index (χ3v) is 12.6. The zero-order valence-corrected chi connectivity index (χ0v) is 14.5. The molecule has 0 aromatic carbocycles. The summed E-state index contributed by atoms with van der Waals surface area (Å²) in [6.45, 7) is 14.3. The lowest BCUT2D eigenvalue weighted by atomic mass is 10.9. The molecule has 0 aliphatic rings. The molecule has 0 saturated carbocycles. The van der Waals surface area contributed by atoms with E-state index < -0.39 is 17.1 Å². The highest BCUT2D eigenvalue weighted by Crippen LogP contribution is 2.29. The summed E-state index contributed by atoms with van der Waals surface area (Å²) in [7, 11) is -4.04. The van der Waals surface area contributed by atoms with Gasteiger partial charge < -0.3 is 13.0 Å². The predicted molar refractivity (Wildman–Crippen MR) is 77.8 cm³/mol. The van der Waals surface area contributed by atoms with Gasteiger partial charge in [-0.3, -0.25) is 0 Å². The molecule has 0 atom stereocenters. The van der Waals surface area contributed by atoms with Crippen molar-refractivity contribution >= 4 is 17.1 Å². The molecule has 0 aromatic heterocycles. The maximum Gasteiger partial charge on any atom is 0.490 e. The van der Waals surface area contributed by atoms with Crippen LogP contribution in [0.3, 0.4) is 0 Å². The van der Waals surface area contributed by atoms with E-state index in [0.29, 0.717) is 13.2 Å². The predicted octanol–water partition coefficient (Wildman–Crippen LogP) is 4.04. The molecular weight excluding hydrogens is 248 g/mol. The highest BCUT2D eigenvalue weighted by molar-refractivity contribution is 6.82. The summed E-state index contributed by atoms with van der Waals surface area (Å²) in [5, 5.41) is 0. The Balaban J connectivity index is 4.91. The summed E-state index contributed by atoms with van der Waals surface area (Å²) >= 11 is 0. The second-order valence-corrected chi connectivity index (χ2v) is 12.2. The second kappa shape index (κ2) is 8.42. The van der Waals surface area contributed by atoms with Crippen LogP contribution in [0.4, 0.5) is 0 Å². The molecule has 0 aliphatic heterocycles. The highest BCUT2D eigenvalue weighted by Gasteiger charge is 2.46. The largest absolute Gasteiger partial charge is 0.490 e. The van der Waals surface area contributed by atoms with Crippen LogP contribution in [-0.4, -0.2) is 30.3 Å². The molecule has 0 heterocycles. The number of rotatable bonds is 10. The lowest BCUT2D eigenvalue weighted by Crippen LogP contribution is -2.54. The van der Waals surface area contributed by atoms with Crippen molar-refractivity contribution in [1.29, 1.82) is 0 Å². The third kappa shape index (κ3) is 4.83. The average Bonchev–Trinajstić information content (AvgIpc) is 2.36. The maximum atomic E-state index is 6.54. The van der Waals surface area contributed by atoms with Gasteiger partial charge in [-0.25, -0.2) is 0 Å². The van der Waals surface area contributed by atoms with Gasteiger partial charge in [0.05, 0.1) is 0 Å². The highest BCUT2D eigenvalue weighted by atomic mass is 28.5. The van der Waals surface area contributed by atoms with Crippen molar-refractivity contribution < 1.29 is 13.0 Å². The summed E-state index contributed by atoms with van der Waals surface area (Å²) < 4.78 is 18.4. The first kappa shape index (κ1) is 17.3. The molecule has 0 rings (SSSR count). The summed E-state index contributed by atoms with van der Waals surface area (Å²) in [6, 6.07) is 4.32. The van der Waals surface area contributed by atoms with Crippen LogP contribution in [0.25, 0.3) is 0 Å². The zero-order chi connectivity index (χ0) is 13.4. The molecule has 0 aromatic rings. The molecular formula is C12H30O3Si2. The molecule has 3 nitrogen and oxygen atoms in total. The smallest absolute Gasteiger partial charge is 0.415 e. The van der Waals surface area contributed by atoms with Crippen molar-refractivity contribution in [2.45, 2.75) is 65.7 Å². The molecule has 0 unspecified atom stereocenters. The summed E-state index contributed by atoms with van der Waals surface area (Å²) in [4.78, 5) is 0. The van der Waals surface area contributed by atoms with E-state index in [1.54, 1.807) is 0 Å².